The summed E-state index contributed by atoms with van der Waals surface area (Å²) in [4.78, 5) is 12.1. The lowest BCUT2D eigenvalue weighted by Crippen LogP contribution is -2.53. The molecule has 0 aromatic rings. The fourth-order valence-electron chi connectivity index (χ4n) is 2.25. The molecule has 0 saturated carbocycles. The molecule has 1 rings (SSSR count). The summed E-state index contributed by atoms with van der Waals surface area (Å²) in [6.07, 6.45) is 4.87. The van der Waals surface area contributed by atoms with E-state index in [1.54, 1.807) is 0 Å². The molecule has 1 saturated heterocycles. The fourth-order valence-corrected chi connectivity index (χ4v) is 2.25. The molecule has 100 valence electrons. The summed E-state index contributed by atoms with van der Waals surface area (Å²) in [6.45, 7) is 7.39. The Morgan fingerprint density at radius 3 is 2.82 bits per heavy atom. The third-order valence-corrected chi connectivity index (χ3v) is 3.38. The standard InChI is InChI=1S/C13H26N2O2/c1-3-10-17-11-6-8-14-12(16)13(4-2)7-5-9-15-13/h15H,3-11H2,1-2H3,(H,14,16). The summed E-state index contributed by atoms with van der Waals surface area (Å²) in [7, 11) is 0. The van der Waals surface area contributed by atoms with Gasteiger partial charge < -0.3 is 15.4 Å². The van der Waals surface area contributed by atoms with Gasteiger partial charge in [0.25, 0.3) is 0 Å². The van der Waals surface area contributed by atoms with Crippen LogP contribution in [-0.2, 0) is 9.53 Å². The molecule has 1 atom stereocenters. The Morgan fingerprint density at radius 1 is 1.41 bits per heavy atom. The van der Waals surface area contributed by atoms with Crippen molar-refractivity contribution in [3.8, 4) is 0 Å². The monoisotopic (exact) mass is 242 g/mol. The highest BCUT2D eigenvalue weighted by Crippen LogP contribution is 2.22. The largest absolute Gasteiger partial charge is 0.381 e. The second kappa shape index (κ2) is 7.67. The summed E-state index contributed by atoms with van der Waals surface area (Å²) in [5, 5.41) is 6.35. The first-order valence-electron chi connectivity index (χ1n) is 6.86. The van der Waals surface area contributed by atoms with E-state index >= 15 is 0 Å². The molecular weight excluding hydrogens is 216 g/mol. The molecule has 4 heteroatoms. The van der Waals surface area contributed by atoms with E-state index in [9.17, 15) is 4.79 Å². The molecule has 0 aliphatic carbocycles. The maximum atomic E-state index is 12.1. The molecule has 2 N–H and O–H groups in total. The molecule has 1 aliphatic heterocycles. The first kappa shape index (κ1) is 14.5. The highest BCUT2D eigenvalue weighted by atomic mass is 16.5. The molecule has 1 unspecified atom stereocenters. The van der Waals surface area contributed by atoms with Gasteiger partial charge in [-0.2, -0.15) is 0 Å². The average Bonchev–Trinajstić information content (AvgIpc) is 2.83. The molecule has 1 aliphatic rings. The maximum Gasteiger partial charge on any atom is 0.240 e. The molecule has 0 bridgehead atoms. The van der Waals surface area contributed by atoms with E-state index in [0.29, 0.717) is 6.54 Å². The van der Waals surface area contributed by atoms with Crippen molar-refractivity contribution < 1.29 is 9.53 Å². The van der Waals surface area contributed by atoms with Crippen molar-refractivity contribution in [3.63, 3.8) is 0 Å². The topological polar surface area (TPSA) is 50.4 Å². The van der Waals surface area contributed by atoms with Gasteiger partial charge in [0.15, 0.2) is 0 Å². The normalized spacial score (nSPS) is 23.9. The Kier molecular flexibility index (Phi) is 6.52. The third kappa shape index (κ3) is 4.28. The van der Waals surface area contributed by atoms with Crippen LogP contribution in [0.1, 0.15) is 46.0 Å². The number of ether oxygens (including phenoxy) is 1. The van der Waals surface area contributed by atoms with E-state index < -0.39 is 0 Å². The zero-order chi connectivity index (χ0) is 12.6. The first-order valence-corrected chi connectivity index (χ1v) is 6.86. The van der Waals surface area contributed by atoms with Crippen LogP contribution < -0.4 is 10.6 Å². The van der Waals surface area contributed by atoms with Gasteiger partial charge in [0.1, 0.15) is 0 Å². The van der Waals surface area contributed by atoms with Gasteiger partial charge in [-0.3, -0.25) is 4.79 Å². The Hall–Kier alpha value is -0.610. The van der Waals surface area contributed by atoms with Crippen LogP contribution in [0.3, 0.4) is 0 Å². The van der Waals surface area contributed by atoms with Gasteiger partial charge >= 0.3 is 0 Å². The minimum absolute atomic E-state index is 0.160. The lowest BCUT2D eigenvalue weighted by Gasteiger charge is -2.26. The second-order valence-corrected chi connectivity index (χ2v) is 4.69. The van der Waals surface area contributed by atoms with Crippen LogP contribution in [-0.4, -0.2) is 37.7 Å². The van der Waals surface area contributed by atoms with E-state index in [1.807, 2.05) is 0 Å². The SMILES string of the molecule is CCCOCCCNC(=O)C1(CC)CCCN1. The van der Waals surface area contributed by atoms with Gasteiger partial charge in [-0.1, -0.05) is 13.8 Å². The highest BCUT2D eigenvalue weighted by molar-refractivity contribution is 5.86. The second-order valence-electron chi connectivity index (χ2n) is 4.69. The number of rotatable bonds is 8. The van der Waals surface area contributed by atoms with Crippen LogP contribution in [0.25, 0.3) is 0 Å². The van der Waals surface area contributed by atoms with Crippen molar-refractivity contribution in [2.24, 2.45) is 0 Å². The van der Waals surface area contributed by atoms with Gasteiger partial charge in [0, 0.05) is 19.8 Å². The van der Waals surface area contributed by atoms with Gasteiger partial charge in [0.05, 0.1) is 5.54 Å². The predicted octanol–water partition coefficient (Wildman–Crippen LogP) is 1.45. The van der Waals surface area contributed by atoms with Crippen LogP contribution in [0, 0.1) is 0 Å². The maximum absolute atomic E-state index is 12.1. The molecule has 0 spiro atoms. The Balaban J connectivity index is 2.15. The van der Waals surface area contributed by atoms with E-state index in [4.69, 9.17) is 4.74 Å². The van der Waals surface area contributed by atoms with Crippen LogP contribution in [0.4, 0.5) is 0 Å². The predicted molar refractivity (Wildman–Crippen MR) is 69.0 cm³/mol. The number of hydrogen-bond acceptors (Lipinski definition) is 3. The van der Waals surface area contributed by atoms with Crippen LogP contribution in [0.15, 0.2) is 0 Å². The molecule has 1 fully saturated rings. The molecular formula is C13H26N2O2. The summed E-state index contributed by atoms with van der Waals surface area (Å²) in [5.41, 5.74) is -0.301. The summed E-state index contributed by atoms with van der Waals surface area (Å²) in [6, 6.07) is 0. The number of hydrogen-bond donors (Lipinski definition) is 2. The number of nitrogens with one attached hydrogen (secondary N) is 2. The van der Waals surface area contributed by atoms with Crippen molar-refractivity contribution >= 4 is 5.91 Å². The highest BCUT2D eigenvalue weighted by Gasteiger charge is 2.38. The Morgan fingerprint density at radius 2 is 2.24 bits per heavy atom. The lowest BCUT2D eigenvalue weighted by molar-refractivity contribution is -0.127. The molecule has 0 aromatic heterocycles. The van der Waals surface area contributed by atoms with Crippen LogP contribution >= 0.6 is 0 Å². The Bertz CT molecular complexity index is 225. The summed E-state index contributed by atoms with van der Waals surface area (Å²) < 4.78 is 5.37. The molecule has 4 nitrogen and oxygen atoms in total. The van der Waals surface area contributed by atoms with Crippen LogP contribution in [0.2, 0.25) is 0 Å². The van der Waals surface area contributed by atoms with Gasteiger partial charge in [-0.05, 0) is 38.6 Å². The third-order valence-electron chi connectivity index (χ3n) is 3.38. The first-order chi connectivity index (χ1) is 8.25. The zero-order valence-electron chi connectivity index (χ0n) is 11.2. The van der Waals surface area contributed by atoms with Crippen molar-refractivity contribution in [3.05, 3.63) is 0 Å². The van der Waals surface area contributed by atoms with E-state index in [1.165, 1.54) is 0 Å². The smallest absolute Gasteiger partial charge is 0.240 e. The number of amides is 1. The fraction of sp³-hybridized carbons (Fsp3) is 0.923. The van der Waals surface area contributed by atoms with E-state index in [2.05, 4.69) is 24.5 Å². The quantitative estimate of drug-likeness (QED) is 0.633. The van der Waals surface area contributed by atoms with Crippen molar-refractivity contribution in [1.82, 2.24) is 10.6 Å². The van der Waals surface area contributed by atoms with E-state index in [-0.39, 0.29) is 11.4 Å². The summed E-state index contributed by atoms with van der Waals surface area (Å²) in [5.74, 6) is 0.160. The van der Waals surface area contributed by atoms with Gasteiger partial charge in [-0.15, -0.1) is 0 Å². The van der Waals surface area contributed by atoms with Gasteiger partial charge in [-0.25, -0.2) is 0 Å². The average molecular weight is 242 g/mol. The molecule has 0 radical (unpaired) electrons. The lowest BCUT2D eigenvalue weighted by atomic mass is 9.93. The van der Waals surface area contributed by atoms with E-state index in [0.717, 1.165) is 51.9 Å². The molecule has 0 aromatic carbocycles. The molecule has 1 amide bonds. The number of carbonyl (C=O) groups is 1. The minimum atomic E-state index is -0.301. The molecule has 17 heavy (non-hydrogen) atoms. The van der Waals surface area contributed by atoms with Crippen molar-refractivity contribution in [1.29, 1.82) is 0 Å². The zero-order valence-corrected chi connectivity index (χ0v) is 11.2. The molecule has 1 heterocycles. The Labute approximate surface area is 104 Å². The van der Waals surface area contributed by atoms with Gasteiger partial charge in [0.2, 0.25) is 5.91 Å². The number of carbonyl (C=O) groups excluding carboxylic acids is 1. The minimum Gasteiger partial charge on any atom is -0.381 e. The van der Waals surface area contributed by atoms with Crippen LogP contribution in [0.5, 0.6) is 0 Å². The van der Waals surface area contributed by atoms with Crippen molar-refractivity contribution in [2.75, 3.05) is 26.3 Å². The van der Waals surface area contributed by atoms with Crippen molar-refractivity contribution in [2.45, 2.75) is 51.5 Å². The summed E-state index contributed by atoms with van der Waals surface area (Å²) >= 11 is 0.